The summed E-state index contributed by atoms with van der Waals surface area (Å²) in [6.07, 6.45) is -5.03. The number of nitrogens with two attached hydrogens (primary N) is 1. The lowest BCUT2D eigenvalue weighted by atomic mass is 10.1. The van der Waals surface area contributed by atoms with Crippen LogP contribution in [0.4, 0.5) is 13.2 Å². The Labute approximate surface area is 95.8 Å². The van der Waals surface area contributed by atoms with Crippen molar-refractivity contribution in [3.05, 3.63) is 23.0 Å². The summed E-state index contributed by atoms with van der Waals surface area (Å²) in [6.45, 7) is 1.48. The van der Waals surface area contributed by atoms with Gasteiger partial charge in [0.1, 0.15) is 5.75 Å². The molecule has 1 rings (SSSR count). The number of nitrogens with zero attached hydrogens (tertiary/aromatic N) is 2. The molecule has 0 aliphatic carbocycles. The molecule has 0 fully saturated rings. The lowest BCUT2D eigenvalue weighted by Crippen LogP contribution is -2.19. The van der Waals surface area contributed by atoms with E-state index in [0.29, 0.717) is 5.69 Å². The Morgan fingerprint density at radius 3 is 2.65 bits per heavy atom. The second-order valence-electron chi connectivity index (χ2n) is 3.27. The maximum absolute atomic E-state index is 12.2. The van der Waals surface area contributed by atoms with Gasteiger partial charge in [-0.05, 0) is 6.92 Å². The first-order chi connectivity index (χ1) is 7.87. The Morgan fingerprint density at radius 2 is 2.18 bits per heavy atom. The van der Waals surface area contributed by atoms with Gasteiger partial charge in [0.05, 0.1) is 18.2 Å². The normalized spacial score (nSPS) is 11.1. The van der Waals surface area contributed by atoms with E-state index in [1.54, 1.807) is 6.07 Å². The molecule has 2 N–H and O–H groups in total. The number of rotatable bonds is 3. The van der Waals surface area contributed by atoms with Crippen molar-refractivity contribution in [3.63, 3.8) is 0 Å². The van der Waals surface area contributed by atoms with Crippen LogP contribution in [0.25, 0.3) is 0 Å². The predicted molar refractivity (Wildman–Crippen MR) is 52.9 cm³/mol. The molecule has 0 unspecified atom stereocenters. The zero-order valence-corrected chi connectivity index (χ0v) is 9.01. The van der Waals surface area contributed by atoms with E-state index >= 15 is 0 Å². The van der Waals surface area contributed by atoms with Crippen molar-refractivity contribution >= 4 is 0 Å². The Balaban J connectivity index is 3.26. The average Bonchev–Trinajstić information content (AvgIpc) is 2.19. The Hall–Kier alpha value is -1.81. The van der Waals surface area contributed by atoms with E-state index < -0.39 is 12.1 Å². The van der Waals surface area contributed by atoms with Gasteiger partial charge in [-0.3, -0.25) is 4.98 Å². The van der Waals surface area contributed by atoms with Crippen LogP contribution in [0, 0.1) is 18.3 Å². The molecule has 0 bridgehead atoms. The molecule has 0 saturated heterocycles. The van der Waals surface area contributed by atoms with Gasteiger partial charge >= 0.3 is 6.36 Å². The fraction of sp³-hybridized carbons (Fsp3) is 0.400. The summed E-state index contributed by atoms with van der Waals surface area (Å²) in [5, 5.41) is 8.58. The lowest BCUT2D eigenvalue weighted by molar-refractivity contribution is -0.274. The molecule has 1 aromatic heterocycles. The van der Waals surface area contributed by atoms with Crippen molar-refractivity contribution in [2.24, 2.45) is 5.73 Å². The standard InChI is InChI=1S/C10H10F3N3O/c1-6-4-9(17-10(11,12)13)7(2-3-14)8(5-15)16-6/h4H,2,5,15H2,1H3. The highest BCUT2D eigenvalue weighted by atomic mass is 19.4. The second-order valence-corrected chi connectivity index (χ2v) is 3.27. The first-order valence-corrected chi connectivity index (χ1v) is 4.69. The molecule has 0 radical (unpaired) electrons. The van der Waals surface area contributed by atoms with Crippen LogP contribution in [-0.2, 0) is 13.0 Å². The molecule has 0 amide bonds. The highest BCUT2D eigenvalue weighted by Gasteiger charge is 2.32. The third-order valence-corrected chi connectivity index (χ3v) is 1.97. The van der Waals surface area contributed by atoms with Crippen LogP contribution < -0.4 is 10.5 Å². The van der Waals surface area contributed by atoms with Gasteiger partial charge in [0, 0.05) is 23.9 Å². The smallest absolute Gasteiger partial charge is 0.405 e. The van der Waals surface area contributed by atoms with Crippen LogP contribution in [0.2, 0.25) is 0 Å². The highest BCUT2D eigenvalue weighted by Crippen LogP contribution is 2.29. The summed E-state index contributed by atoms with van der Waals surface area (Å²) in [7, 11) is 0. The minimum absolute atomic E-state index is 0.0487. The van der Waals surface area contributed by atoms with Gasteiger partial charge in [0.15, 0.2) is 0 Å². The van der Waals surface area contributed by atoms with Crippen LogP contribution in [0.15, 0.2) is 6.07 Å². The fourth-order valence-corrected chi connectivity index (χ4v) is 1.38. The molecule has 1 aromatic rings. The number of hydrogen-bond donors (Lipinski definition) is 1. The van der Waals surface area contributed by atoms with Gasteiger partial charge in [0.2, 0.25) is 0 Å². The summed E-state index contributed by atoms with van der Waals surface area (Å²) >= 11 is 0. The Morgan fingerprint density at radius 1 is 1.53 bits per heavy atom. The molecule has 17 heavy (non-hydrogen) atoms. The maximum atomic E-state index is 12.2. The van der Waals surface area contributed by atoms with E-state index in [1.807, 2.05) is 0 Å². The molecule has 1 heterocycles. The first-order valence-electron chi connectivity index (χ1n) is 4.69. The van der Waals surface area contributed by atoms with E-state index in [-0.39, 0.29) is 24.2 Å². The maximum Gasteiger partial charge on any atom is 0.573 e. The Kier molecular flexibility index (Phi) is 3.91. The number of halogens is 3. The largest absolute Gasteiger partial charge is 0.573 e. The predicted octanol–water partition coefficient (Wildman–Crippen LogP) is 1.81. The van der Waals surface area contributed by atoms with Crippen molar-refractivity contribution in [3.8, 4) is 11.8 Å². The molecule has 4 nitrogen and oxygen atoms in total. The number of alkyl halides is 3. The fourth-order valence-electron chi connectivity index (χ4n) is 1.38. The van der Waals surface area contributed by atoms with Gasteiger partial charge in [-0.1, -0.05) is 0 Å². The topological polar surface area (TPSA) is 71.9 Å². The molecule has 92 valence electrons. The van der Waals surface area contributed by atoms with E-state index in [1.165, 1.54) is 6.92 Å². The summed E-state index contributed by atoms with van der Waals surface area (Å²) < 4.78 is 40.4. The van der Waals surface area contributed by atoms with Crippen molar-refractivity contribution in [1.29, 1.82) is 5.26 Å². The number of nitriles is 1. The van der Waals surface area contributed by atoms with Crippen LogP contribution in [0.3, 0.4) is 0 Å². The summed E-state index contributed by atoms with van der Waals surface area (Å²) in [5.74, 6) is -0.410. The first kappa shape index (κ1) is 13.3. The number of pyridine rings is 1. The lowest BCUT2D eigenvalue weighted by Gasteiger charge is -2.14. The van der Waals surface area contributed by atoms with Gasteiger partial charge in [-0.15, -0.1) is 13.2 Å². The minimum atomic E-state index is -4.80. The monoisotopic (exact) mass is 245 g/mol. The number of aromatic nitrogens is 1. The van der Waals surface area contributed by atoms with Gasteiger partial charge < -0.3 is 10.5 Å². The molecular weight excluding hydrogens is 235 g/mol. The molecule has 0 spiro atoms. The summed E-state index contributed by atoms with van der Waals surface area (Å²) in [6, 6.07) is 2.90. The molecule has 7 heteroatoms. The quantitative estimate of drug-likeness (QED) is 0.881. The van der Waals surface area contributed by atoms with Gasteiger partial charge in [-0.2, -0.15) is 5.26 Å². The van der Waals surface area contributed by atoms with E-state index in [0.717, 1.165) is 6.07 Å². The van der Waals surface area contributed by atoms with E-state index in [4.69, 9.17) is 11.0 Å². The van der Waals surface area contributed by atoms with Crippen LogP contribution >= 0.6 is 0 Å². The zero-order valence-electron chi connectivity index (χ0n) is 9.01. The van der Waals surface area contributed by atoms with Crippen molar-refractivity contribution < 1.29 is 17.9 Å². The SMILES string of the molecule is Cc1cc(OC(F)(F)F)c(CC#N)c(CN)n1. The van der Waals surface area contributed by atoms with Gasteiger partial charge in [0.25, 0.3) is 0 Å². The van der Waals surface area contributed by atoms with Gasteiger partial charge in [-0.25, -0.2) is 0 Å². The number of hydrogen-bond acceptors (Lipinski definition) is 4. The molecule has 0 aromatic carbocycles. The highest BCUT2D eigenvalue weighted by molar-refractivity contribution is 5.40. The van der Waals surface area contributed by atoms with Crippen molar-refractivity contribution in [1.82, 2.24) is 4.98 Å². The third kappa shape index (κ3) is 3.60. The Bertz CT molecular complexity index is 451. The second kappa shape index (κ2) is 5.01. The molecule has 0 aliphatic heterocycles. The summed E-state index contributed by atoms with van der Waals surface area (Å²) in [4.78, 5) is 3.98. The van der Waals surface area contributed by atoms with Crippen molar-refractivity contribution in [2.75, 3.05) is 0 Å². The average molecular weight is 245 g/mol. The van der Waals surface area contributed by atoms with E-state index in [2.05, 4.69) is 9.72 Å². The number of ether oxygens (including phenoxy) is 1. The molecule has 0 aliphatic rings. The van der Waals surface area contributed by atoms with Crippen LogP contribution in [0.5, 0.6) is 5.75 Å². The molecular formula is C10H10F3N3O. The molecule has 0 atom stereocenters. The minimum Gasteiger partial charge on any atom is -0.405 e. The van der Waals surface area contributed by atoms with Crippen LogP contribution in [0.1, 0.15) is 17.0 Å². The zero-order chi connectivity index (χ0) is 13.1. The van der Waals surface area contributed by atoms with Crippen molar-refractivity contribution in [2.45, 2.75) is 26.3 Å². The van der Waals surface area contributed by atoms with E-state index in [9.17, 15) is 13.2 Å². The summed E-state index contributed by atoms with van der Waals surface area (Å²) in [5.41, 5.74) is 6.05. The van der Waals surface area contributed by atoms with Crippen LogP contribution in [-0.4, -0.2) is 11.3 Å². The third-order valence-electron chi connectivity index (χ3n) is 1.97. The number of aryl methyl sites for hydroxylation is 1. The molecule has 0 saturated carbocycles.